The lowest BCUT2D eigenvalue weighted by Crippen LogP contribution is -2.53. The predicted molar refractivity (Wildman–Crippen MR) is 163 cm³/mol. The van der Waals surface area contributed by atoms with Crippen LogP contribution in [0.1, 0.15) is 37.7 Å². The summed E-state index contributed by atoms with van der Waals surface area (Å²) in [4.78, 5) is 36.8. The molecule has 8 nitrogen and oxygen atoms in total. The van der Waals surface area contributed by atoms with E-state index in [1.807, 2.05) is 30.4 Å². The number of carbonyl (C=O) groups is 1. The molecule has 2 N–H and O–H groups in total. The molecule has 1 saturated heterocycles. The minimum absolute atomic E-state index is 0.0651. The number of amides is 1. The van der Waals surface area contributed by atoms with Gasteiger partial charge in [-0.25, -0.2) is 4.98 Å². The van der Waals surface area contributed by atoms with Crippen molar-refractivity contribution in [3.8, 4) is 11.5 Å². The van der Waals surface area contributed by atoms with Crippen molar-refractivity contribution in [2.75, 3.05) is 32.2 Å². The maximum absolute atomic E-state index is 14.1. The third-order valence-electron chi connectivity index (χ3n) is 8.55. The van der Waals surface area contributed by atoms with Crippen molar-refractivity contribution < 1.29 is 14.3 Å². The molecule has 1 amide bonds. The number of aromatic amines is 1. The molecule has 1 fully saturated rings. The lowest BCUT2D eigenvalue weighted by Gasteiger charge is -2.42. The molecule has 0 saturated carbocycles. The van der Waals surface area contributed by atoms with Gasteiger partial charge >= 0.3 is 0 Å². The Morgan fingerprint density at radius 2 is 1.78 bits per heavy atom. The normalized spacial score (nSPS) is 18.6. The van der Waals surface area contributed by atoms with E-state index in [0.717, 1.165) is 30.4 Å². The smallest absolute Gasteiger partial charge is 0.260 e. The molecule has 1 aliphatic carbocycles. The Morgan fingerprint density at radius 3 is 2.44 bits per heavy atom. The number of nitrogens with zero attached hydrogens (tertiary/aromatic N) is 2. The van der Waals surface area contributed by atoms with E-state index in [1.165, 1.54) is 12.7 Å². The predicted octanol–water partition coefficient (Wildman–Crippen LogP) is 5.11. The third kappa shape index (κ3) is 5.78. The summed E-state index contributed by atoms with van der Waals surface area (Å²) in [5.41, 5.74) is 3.23. The van der Waals surface area contributed by atoms with Crippen LogP contribution < -0.4 is 25.2 Å². The quantitative estimate of drug-likeness (QED) is 0.382. The van der Waals surface area contributed by atoms with Crippen LogP contribution in [-0.4, -0.2) is 49.2 Å². The number of carbonyl (C=O) groups excluding carboxylic acids is 1. The Morgan fingerprint density at radius 1 is 1.10 bits per heavy atom. The zero-order valence-electron chi connectivity index (χ0n) is 23.9. The molecule has 2 aromatic carbocycles. The molecule has 2 aliphatic rings. The first kappa shape index (κ1) is 28.2. The van der Waals surface area contributed by atoms with Crippen molar-refractivity contribution in [3.63, 3.8) is 0 Å². The molecule has 0 spiro atoms. The highest BCUT2D eigenvalue weighted by Gasteiger charge is 2.42. The van der Waals surface area contributed by atoms with Gasteiger partial charge in [0.15, 0.2) is 11.5 Å². The van der Waals surface area contributed by atoms with Gasteiger partial charge in [-0.3, -0.25) is 14.6 Å². The van der Waals surface area contributed by atoms with Crippen LogP contribution in [0.25, 0.3) is 10.9 Å². The van der Waals surface area contributed by atoms with Gasteiger partial charge < -0.3 is 19.7 Å². The summed E-state index contributed by atoms with van der Waals surface area (Å²) in [7, 11) is 3.09. The molecule has 1 aromatic heterocycles. The molecule has 1 aliphatic heterocycles. The van der Waals surface area contributed by atoms with Crippen molar-refractivity contribution in [1.29, 1.82) is 0 Å². The fourth-order valence-corrected chi connectivity index (χ4v) is 6.12. The van der Waals surface area contributed by atoms with Gasteiger partial charge in [0.25, 0.3) is 5.56 Å². The van der Waals surface area contributed by atoms with E-state index in [1.54, 1.807) is 19.2 Å². The van der Waals surface area contributed by atoms with Gasteiger partial charge in [-0.15, -0.1) is 0 Å². The molecule has 5 rings (SSSR count). The third-order valence-corrected chi connectivity index (χ3v) is 8.55. The Bertz CT molecular complexity index is 1530. The zero-order valence-corrected chi connectivity index (χ0v) is 23.9. The second-order valence-corrected chi connectivity index (χ2v) is 10.9. The number of fused-ring (bicyclic) bond motifs is 1. The fourth-order valence-electron chi connectivity index (χ4n) is 6.12. The van der Waals surface area contributed by atoms with Crippen LogP contribution in [0.15, 0.2) is 83.7 Å². The first-order chi connectivity index (χ1) is 19.9. The molecule has 0 bridgehead atoms. The lowest BCUT2D eigenvalue weighted by atomic mass is 9.72. The average molecular weight is 555 g/mol. The first-order valence-electron chi connectivity index (χ1n) is 14.1. The van der Waals surface area contributed by atoms with Crippen molar-refractivity contribution in [1.82, 2.24) is 15.3 Å². The number of methoxy groups -OCH3 is 2. The SMILES string of the molecule is C=CC1=C(C=C)CC(NC(=O)C2(Cc3ccccc3)CCN(c3nc4cc(OC)c(OC)cc4c(=O)[nH]3)CC2)CC1. The molecular weight excluding hydrogens is 516 g/mol. The zero-order chi connectivity index (χ0) is 29.0. The number of piperidine rings is 1. The number of aromatic nitrogens is 2. The Labute approximate surface area is 240 Å². The first-order valence-corrected chi connectivity index (χ1v) is 14.1. The van der Waals surface area contributed by atoms with Gasteiger partial charge in [-0.05, 0) is 61.3 Å². The molecule has 3 aromatic rings. The Kier molecular flexibility index (Phi) is 8.28. The lowest BCUT2D eigenvalue weighted by molar-refractivity contribution is -0.133. The largest absolute Gasteiger partial charge is 0.493 e. The number of ether oxygens (including phenoxy) is 2. The summed E-state index contributed by atoms with van der Waals surface area (Å²) >= 11 is 0. The van der Waals surface area contributed by atoms with Crippen LogP contribution >= 0.6 is 0 Å². The average Bonchev–Trinajstić information content (AvgIpc) is 3.01. The minimum atomic E-state index is -0.567. The topological polar surface area (TPSA) is 96.6 Å². The molecular formula is C33H38N4O4. The van der Waals surface area contributed by atoms with Gasteiger partial charge in [0.1, 0.15) is 0 Å². The van der Waals surface area contributed by atoms with Crippen LogP contribution in [-0.2, 0) is 11.2 Å². The van der Waals surface area contributed by atoms with E-state index in [9.17, 15) is 9.59 Å². The molecule has 214 valence electrons. The molecule has 0 radical (unpaired) electrons. The van der Waals surface area contributed by atoms with E-state index >= 15 is 0 Å². The standard InChI is InChI=1S/C33H38N4O4/c1-5-23-12-13-25(18-24(23)6-2)34-31(39)33(21-22-10-8-7-9-11-22)14-16-37(17-15-33)32-35-27-20-29(41-4)28(40-3)19-26(27)30(38)36-32/h5-11,19-20,25H,1-2,12-18,21H2,3-4H3,(H,34,39)(H,35,36,38). The summed E-state index contributed by atoms with van der Waals surface area (Å²) in [5, 5.41) is 3.83. The molecule has 1 atom stereocenters. The minimum Gasteiger partial charge on any atom is -0.493 e. The van der Waals surface area contributed by atoms with Crippen LogP contribution in [0.3, 0.4) is 0 Å². The van der Waals surface area contributed by atoms with E-state index in [4.69, 9.17) is 14.5 Å². The second kappa shape index (κ2) is 12.0. The molecule has 2 heterocycles. The number of rotatable bonds is 9. The number of anilines is 1. The fraction of sp³-hybridized carbons (Fsp3) is 0.364. The highest BCUT2D eigenvalue weighted by molar-refractivity contribution is 5.84. The summed E-state index contributed by atoms with van der Waals surface area (Å²) < 4.78 is 10.8. The maximum atomic E-state index is 14.1. The van der Waals surface area contributed by atoms with E-state index in [-0.39, 0.29) is 17.5 Å². The van der Waals surface area contributed by atoms with Gasteiger partial charge in [0, 0.05) is 25.2 Å². The Hall–Kier alpha value is -4.33. The summed E-state index contributed by atoms with van der Waals surface area (Å²) in [6.07, 6.45) is 8.24. The van der Waals surface area contributed by atoms with Crippen LogP contribution in [0, 0.1) is 5.41 Å². The summed E-state index contributed by atoms with van der Waals surface area (Å²) in [6.45, 7) is 9.08. The highest BCUT2D eigenvalue weighted by atomic mass is 16.5. The number of hydrogen-bond acceptors (Lipinski definition) is 6. The van der Waals surface area contributed by atoms with Crippen molar-refractivity contribution in [3.05, 3.63) is 94.8 Å². The monoisotopic (exact) mass is 554 g/mol. The van der Waals surface area contributed by atoms with Crippen LogP contribution in [0.5, 0.6) is 11.5 Å². The maximum Gasteiger partial charge on any atom is 0.260 e. The van der Waals surface area contributed by atoms with Crippen molar-refractivity contribution in [2.24, 2.45) is 5.41 Å². The number of hydrogen-bond donors (Lipinski definition) is 2. The van der Waals surface area contributed by atoms with E-state index < -0.39 is 5.41 Å². The Balaban J connectivity index is 1.38. The van der Waals surface area contributed by atoms with E-state index in [2.05, 4.69) is 40.5 Å². The molecule has 8 heteroatoms. The van der Waals surface area contributed by atoms with Gasteiger partial charge in [0.05, 0.1) is 30.5 Å². The van der Waals surface area contributed by atoms with Crippen LogP contribution in [0.4, 0.5) is 5.95 Å². The van der Waals surface area contributed by atoms with Gasteiger partial charge in [-0.2, -0.15) is 0 Å². The highest BCUT2D eigenvalue weighted by Crippen LogP contribution is 2.38. The molecule has 1 unspecified atom stereocenters. The van der Waals surface area contributed by atoms with Crippen molar-refractivity contribution >= 4 is 22.8 Å². The number of nitrogens with one attached hydrogen (secondary N) is 2. The molecule has 41 heavy (non-hydrogen) atoms. The van der Waals surface area contributed by atoms with Crippen molar-refractivity contribution in [2.45, 2.75) is 44.6 Å². The number of H-pyrrole nitrogens is 1. The number of allylic oxidation sites excluding steroid dienone is 3. The van der Waals surface area contributed by atoms with Gasteiger partial charge in [0.2, 0.25) is 11.9 Å². The number of benzene rings is 2. The summed E-state index contributed by atoms with van der Waals surface area (Å²) in [6, 6.07) is 13.6. The van der Waals surface area contributed by atoms with Crippen LogP contribution in [0.2, 0.25) is 0 Å². The second-order valence-electron chi connectivity index (χ2n) is 10.9. The van der Waals surface area contributed by atoms with E-state index in [0.29, 0.717) is 60.7 Å². The van der Waals surface area contributed by atoms with Gasteiger partial charge in [-0.1, -0.05) is 55.6 Å². The summed E-state index contributed by atoms with van der Waals surface area (Å²) in [5.74, 6) is 1.57.